The molecule has 0 heterocycles. The molecule has 114 valence electrons. The van der Waals surface area contributed by atoms with Gasteiger partial charge in [0.15, 0.2) is 0 Å². The first-order chi connectivity index (χ1) is 8.83. The summed E-state index contributed by atoms with van der Waals surface area (Å²) in [5.74, 6) is 0.863. The Kier molecular flexibility index (Phi) is 9.12. The lowest BCUT2D eigenvalue weighted by Gasteiger charge is -2.27. The van der Waals surface area contributed by atoms with Crippen molar-refractivity contribution in [2.24, 2.45) is 11.3 Å². The Morgan fingerprint density at radius 3 is 2.00 bits per heavy atom. The van der Waals surface area contributed by atoms with Crippen molar-refractivity contribution in [3.63, 3.8) is 0 Å². The van der Waals surface area contributed by atoms with Gasteiger partial charge >= 0.3 is 5.97 Å². The first kappa shape index (κ1) is 18.5. The summed E-state index contributed by atoms with van der Waals surface area (Å²) in [5, 5.41) is 0. The summed E-state index contributed by atoms with van der Waals surface area (Å²) in [6.07, 6.45) is 8.19. The van der Waals surface area contributed by atoms with Crippen LogP contribution in [0.3, 0.4) is 0 Å². The summed E-state index contributed by atoms with van der Waals surface area (Å²) in [7, 11) is 0. The molecule has 0 atom stereocenters. The predicted octanol–water partition coefficient (Wildman–Crippen LogP) is 5.35. The summed E-state index contributed by atoms with van der Waals surface area (Å²) >= 11 is 0. The Bertz CT molecular complexity index is 238. The molecule has 1 aliphatic carbocycles. The molecule has 2 nitrogen and oxygen atoms in total. The summed E-state index contributed by atoms with van der Waals surface area (Å²) in [6.45, 7) is 12.6. The Balaban J connectivity index is 0.000000555. The zero-order valence-corrected chi connectivity index (χ0v) is 13.9. The van der Waals surface area contributed by atoms with Crippen molar-refractivity contribution >= 4 is 5.97 Å². The zero-order chi connectivity index (χ0) is 14.9. The van der Waals surface area contributed by atoms with E-state index in [-0.39, 0.29) is 17.5 Å². The topological polar surface area (TPSA) is 26.3 Å². The second-order valence-electron chi connectivity index (χ2n) is 6.70. The molecule has 19 heavy (non-hydrogen) atoms. The summed E-state index contributed by atoms with van der Waals surface area (Å²) in [5.41, 5.74) is -0.308. The van der Waals surface area contributed by atoms with Crippen molar-refractivity contribution in [2.75, 3.05) is 0 Å². The van der Waals surface area contributed by atoms with E-state index in [0.717, 1.165) is 25.2 Å². The van der Waals surface area contributed by atoms with Gasteiger partial charge in [-0.1, -0.05) is 40.5 Å². The summed E-state index contributed by atoms with van der Waals surface area (Å²) in [4.78, 5) is 11.7. The van der Waals surface area contributed by atoms with Crippen LogP contribution in [0.2, 0.25) is 0 Å². The molecule has 1 saturated carbocycles. The lowest BCUT2D eigenvalue weighted by Crippen LogP contribution is -2.31. The van der Waals surface area contributed by atoms with Crippen molar-refractivity contribution in [3.8, 4) is 0 Å². The van der Waals surface area contributed by atoms with Gasteiger partial charge in [0.05, 0.1) is 5.41 Å². The van der Waals surface area contributed by atoms with Gasteiger partial charge in [-0.2, -0.15) is 0 Å². The first-order valence-electron chi connectivity index (χ1n) is 8.04. The van der Waals surface area contributed by atoms with Gasteiger partial charge in [0.1, 0.15) is 6.10 Å². The van der Waals surface area contributed by atoms with Crippen LogP contribution in [0.25, 0.3) is 0 Å². The average molecular weight is 270 g/mol. The highest BCUT2D eigenvalue weighted by atomic mass is 16.5. The molecule has 0 saturated heterocycles. The molecule has 0 aromatic heterocycles. The quantitative estimate of drug-likeness (QED) is 0.644. The van der Waals surface area contributed by atoms with Gasteiger partial charge in [-0.05, 0) is 51.9 Å². The normalized spacial score (nSPS) is 16.8. The third kappa shape index (κ3) is 8.28. The third-order valence-electron chi connectivity index (χ3n) is 4.08. The summed E-state index contributed by atoms with van der Waals surface area (Å²) in [6, 6.07) is 0. The van der Waals surface area contributed by atoms with Crippen LogP contribution in [0.5, 0.6) is 0 Å². The largest absolute Gasteiger partial charge is 0.462 e. The van der Waals surface area contributed by atoms with Crippen LogP contribution >= 0.6 is 0 Å². The van der Waals surface area contributed by atoms with Crippen LogP contribution < -0.4 is 0 Å². The van der Waals surface area contributed by atoms with E-state index in [4.69, 9.17) is 4.74 Å². The maximum absolute atomic E-state index is 11.7. The van der Waals surface area contributed by atoms with Crippen LogP contribution in [0.1, 0.15) is 86.5 Å². The summed E-state index contributed by atoms with van der Waals surface area (Å²) < 4.78 is 5.51. The molecule has 0 amide bonds. The molecule has 0 spiro atoms. The number of hydrogen-bond acceptors (Lipinski definition) is 2. The van der Waals surface area contributed by atoms with Crippen molar-refractivity contribution in [2.45, 2.75) is 92.6 Å². The molecular weight excluding hydrogens is 236 g/mol. The van der Waals surface area contributed by atoms with E-state index in [0.29, 0.717) is 0 Å². The van der Waals surface area contributed by atoms with E-state index in [1.807, 2.05) is 20.8 Å². The van der Waals surface area contributed by atoms with Gasteiger partial charge in [0.25, 0.3) is 0 Å². The van der Waals surface area contributed by atoms with Crippen LogP contribution in [-0.4, -0.2) is 12.1 Å². The van der Waals surface area contributed by atoms with Gasteiger partial charge in [-0.3, -0.25) is 4.79 Å². The number of esters is 1. The zero-order valence-electron chi connectivity index (χ0n) is 13.9. The lowest BCUT2D eigenvalue weighted by molar-refractivity contribution is -0.161. The minimum Gasteiger partial charge on any atom is -0.462 e. The van der Waals surface area contributed by atoms with Gasteiger partial charge in [-0.25, -0.2) is 0 Å². The number of carbonyl (C=O) groups excluding carboxylic acids is 1. The van der Waals surface area contributed by atoms with Gasteiger partial charge in [0, 0.05) is 0 Å². The first-order valence-corrected chi connectivity index (χ1v) is 8.04. The van der Waals surface area contributed by atoms with Crippen molar-refractivity contribution < 1.29 is 9.53 Å². The fraction of sp³-hybridized carbons (Fsp3) is 0.941. The molecule has 0 N–H and O–H groups in total. The highest BCUT2D eigenvalue weighted by Crippen LogP contribution is 2.26. The highest BCUT2D eigenvalue weighted by Gasteiger charge is 2.29. The monoisotopic (exact) mass is 270 g/mol. The molecule has 0 unspecified atom stereocenters. The van der Waals surface area contributed by atoms with E-state index in [1.54, 1.807) is 0 Å². The molecule has 2 heteroatoms. The van der Waals surface area contributed by atoms with Crippen LogP contribution in [0.15, 0.2) is 0 Å². The fourth-order valence-electron chi connectivity index (χ4n) is 1.64. The molecule has 0 bridgehead atoms. The van der Waals surface area contributed by atoms with E-state index < -0.39 is 0 Å². The number of ether oxygens (including phenoxy) is 1. The molecule has 0 aromatic rings. The Morgan fingerprint density at radius 1 is 1.16 bits per heavy atom. The van der Waals surface area contributed by atoms with E-state index in [9.17, 15) is 4.79 Å². The van der Waals surface area contributed by atoms with E-state index in [2.05, 4.69) is 20.8 Å². The second-order valence-corrected chi connectivity index (χ2v) is 6.70. The van der Waals surface area contributed by atoms with E-state index >= 15 is 0 Å². The maximum Gasteiger partial charge on any atom is 0.311 e. The minimum absolute atomic E-state index is 0.0214. The lowest BCUT2D eigenvalue weighted by atomic mass is 9.90. The predicted molar refractivity (Wildman–Crippen MR) is 82.2 cm³/mol. The van der Waals surface area contributed by atoms with E-state index in [1.165, 1.54) is 25.7 Å². The standard InChI is InChI=1S/C12H22O2.C5H12/c1-4-12(2,3)11(13)14-10-8-6-5-7-9-10;1-4-5(2)3/h10H,4-9H2,1-3H3;5H,4H2,1-3H3. The van der Waals surface area contributed by atoms with Crippen LogP contribution in [0, 0.1) is 11.3 Å². The molecule has 0 radical (unpaired) electrons. The van der Waals surface area contributed by atoms with Crippen molar-refractivity contribution in [1.82, 2.24) is 0 Å². The maximum atomic E-state index is 11.7. The molecule has 0 aliphatic heterocycles. The molecule has 1 aliphatic rings. The van der Waals surface area contributed by atoms with Crippen LogP contribution in [0.4, 0.5) is 0 Å². The number of carbonyl (C=O) groups is 1. The number of hydrogen-bond donors (Lipinski definition) is 0. The molecular formula is C17H34O2. The molecule has 0 aromatic carbocycles. The van der Waals surface area contributed by atoms with Gasteiger partial charge in [-0.15, -0.1) is 0 Å². The molecule has 1 rings (SSSR count). The van der Waals surface area contributed by atoms with Gasteiger partial charge in [0.2, 0.25) is 0 Å². The SMILES string of the molecule is CCC(C)(C)C(=O)OC1CCCCC1.CCC(C)C. The van der Waals surface area contributed by atoms with Crippen LogP contribution in [-0.2, 0) is 9.53 Å². The van der Waals surface area contributed by atoms with Crippen molar-refractivity contribution in [1.29, 1.82) is 0 Å². The van der Waals surface area contributed by atoms with Gasteiger partial charge < -0.3 is 4.74 Å². The smallest absolute Gasteiger partial charge is 0.311 e. The molecule has 1 fully saturated rings. The average Bonchev–Trinajstić information content (AvgIpc) is 2.40. The Morgan fingerprint density at radius 2 is 1.63 bits per heavy atom. The highest BCUT2D eigenvalue weighted by molar-refractivity contribution is 5.75. The minimum atomic E-state index is -0.308. The fourth-order valence-corrected chi connectivity index (χ4v) is 1.64. The number of rotatable bonds is 4. The Labute approximate surface area is 120 Å². The second kappa shape index (κ2) is 9.39. The third-order valence-corrected chi connectivity index (χ3v) is 4.08. The Hall–Kier alpha value is -0.530. The van der Waals surface area contributed by atoms with Crippen molar-refractivity contribution in [3.05, 3.63) is 0 Å².